The van der Waals surface area contributed by atoms with Gasteiger partial charge in [-0.05, 0) is 34.1 Å². The van der Waals surface area contributed by atoms with Gasteiger partial charge in [0.25, 0.3) is 0 Å². The Bertz CT molecular complexity index is 291. The van der Waals surface area contributed by atoms with Crippen LogP contribution in [0.3, 0.4) is 0 Å². The van der Waals surface area contributed by atoms with Crippen molar-refractivity contribution in [1.29, 1.82) is 0 Å². The Morgan fingerprint density at radius 2 is 1.90 bits per heavy atom. The van der Waals surface area contributed by atoms with Gasteiger partial charge in [-0.25, -0.2) is 4.99 Å². The first-order valence-electron chi connectivity index (χ1n) is 6.71. The van der Waals surface area contributed by atoms with E-state index in [1.54, 1.807) is 7.11 Å². The summed E-state index contributed by atoms with van der Waals surface area (Å²) in [5.41, 5.74) is -0.225. The molecular formula is C13H29IN4O2. The number of carbonyl (C=O) groups is 1. The fourth-order valence-corrected chi connectivity index (χ4v) is 1.37. The Labute approximate surface area is 139 Å². The number of rotatable bonds is 7. The van der Waals surface area contributed by atoms with E-state index in [1.165, 1.54) is 0 Å². The van der Waals surface area contributed by atoms with E-state index >= 15 is 0 Å². The second kappa shape index (κ2) is 12.2. The van der Waals surface area contributed by atoms with E-state index in [2.05, 4.69) is 20.9 Å². The van der Waals surface area contributed by atoms with Gasteiger partial charge >= 0.3 is 0 Å². The number of amides is 1. The van der Waals surface area contributed by atoms with Crippen molar-refractivity contribution in [2.45, 2.75) is 39.7 Å². The first-order chi connectivity index (χ1) is 8.89. The van der Waals surface area contributed by atoms with Crippen LogP contribution in [0.25, 0.3) is 0 Å². The van der Waals surface area contributed by atoms with Gasteiger partial charge in [-0.15, -0.1) is 24.0 Å². The van der Waals surface area contributed by atoms with Gasteiger partial charge in [-0.3, -0.25) is 4.79 Å². The number of nitrogens with zero attached hydrogens (tertiary/aromatic N) is 1. The molecule has 6 nitrogen and oxygen atoms in total. The lowest BCUT2D eigenvalue weighted by Crippen LogP contribution is -2.43. The second-order valence-electron chi connectivity index (χ2n) is 5.27. The Balaban J connectivity index is 0. The number of guanidine groups is 1. The van der Waals surface area contributed by atoms with Crippen molar-refractivity contribution in [3.05, 3.63) is 0 Å². The molecule has 0 rings (SSSR count). The molecule has 0 radical (unpaired) electrons. The van der Waals surface area contributed by atoms with Crippen LogP contribution in [0.2, 0.25) is 0 Å². The van der Waals surface area contributed by atoms with Crippen molar-refractivity contribution < 1.29 is 9.53 Å². The van der Waals surface area contributed by atoms with Crippen LogP contribution in [0, 0.1) is 0 Å². The van der Waals surface area contributed by atoms with Crippen molar-refractivity contribution in [2.75, 3.05) is 33.4 Å². The van der Waals surface area contributed by atoms with Gasteiger partial charge in [0.15, 0.2) is 5.96 Å². The molecule has 0 aromatic heterocycles. The van der Waals surface area contributed by atoms with Crippen molar-refractivity contribution in [1.82, 2.24) is 16.0 Å². The Kier molecular flexibility index (Phi) is 13.2. The molecule has 0 bridgehead atoms. The fraction of sp³-hybridized carbons (Fsp3) is 0.846. The normalized spacial score (nSPS) is 11.6. The van der Waals surface area contributed by atoms with Crippen LogP contribution in [0.1, 0.15) is 34.1 Å². The zero-order valence-corrected chi connectivity index (χ0v) is 15.5. The van der Waals surface area contributed by atoms with E-state index in [9.17, 15) is 4.79 Å². The first-order valence-corrected chi connectivity index (χ1v) is 6.71. The van der Waals surface area contributed by atoms with E-state index in [-0.39, 0.29) is 42.0 Å². The Morgan fingerprint density at radius 3 is 2.40 bits per heavy atom. The molecule has 0 fully saturated rings. The van der Waals surface area contributed by atoms with Gasteiger partial charge in [0.2, 0.25) is 5.91 Å². The van der Waals surface area contributed by atoms with Crippen LogP contribution >= 0.6 is 24.0 Å². The lowest BCUT2D eigenvalue weighted by atomic mass is 10.1. The van der Waals surface area contributed by atoms with Crippen molar-refractivity contribution in [2.24, 2.45) is 4.99 Å². The number of aliphatic imine (C=N–C) groups is 1. The molecule has 0 atom stereocenters. The summed E-state index contributed by atoms with van der Waals surface area (Å²) < 4.78 is 4.97. The molecule has 20 heavy (non-hydrogen) atoms. The molecule has 7 heteroatoms. The van der Waals surface area contributed by atoms with Gasteiger partial charge < -0.3 is 20.7 Å². The van der Waals surface area contributed by atoms with Crippen molar-refractivity contribution in [3.8, 4) is 0 Å². The van der Waals surface area contributed by atoms with E-state index < -0.39 is 0 Å². The minimum atomic E-state index is -0.225. The molecule has 0 heterocycles. The zero-order valence-electron chi connectivity index (χ0n) is 13.2. The maximum atomic E-state index is 11.6. The lowest BCUT2D eigenvalue weighted by molar-refractivity contribution is -0.121. The summed E-state index contributed by atoms with van der Waals surface area (Å²) >= 11 is 0. The predicted molar refractivity (Wildman–Crippen MR) is 93.8 cm³/mol. The van der Waals surface area contributed by atoms with Gasteiger partial charge in [0, 0.05) is 32.3 Å². The number of methoxy groups -OCH3 is 1. The maximum Gasteiger partial charge on any atom is 0.242 e. The quantitative estimate of drug-likeness (QED) is 0.259. The molecule has 1 amide bonds. The average molecular weight is 400 g/mol. The van der Waals surface area contributed by atoms with E-state index in [4.69, 9.17) is 4.74 Å². The largest absolute Gasteiger partial charge is 0.385 e. The standard InChI is InChI=1S/C13H28N4O2.HI/c1-6-14-12(15-8-7-9-19-5)16-10-11(18)17-13(2,3)4;/h6-10H2,1-5H3,(H,17,18)(H2,14,15,16);1H. The van der Waals surface area contributed by atoms with Crippen LogP contribution in [-0.2, 0) is 9.53 Å². The van der Waals surface area contributed by atoms with E-state index in [1.807, 2.05) is 27.7 Å². The minimum Gasteiger partial charge on any atom is -0.385 e. The minimum absolute atomic E-state index is 0. The summed E-state index contributed by atoms with van der Waals surface area (Å²) in [5, 5.41) is 9.12. The molecule has 0 aromatic carbocycles. The Morgan fingerprint density at radius 1 is 1.25 bits per heavy atom. The fourth-order valence-electron chi connectivity index (χ4n) is 1.37. The third-order valence-corrected chi connectivity index (χ3v) is 2.06. The third-order valence-electron chi connectivity index (χ3n) is 2.06. The average Bonchev–Trinajstić information content (AvgIpc) is 2.29. The lowest BCUT2D eigenvalue weighted by Gasteiger charge is -2.20. The summed E-state index contributed by atoms with van der Waals surface area (Å²) in [6.07, 6.45) is 0.898. The highest BCUT2D eigenvalue weighted by Crippen LogP contribution is 1.97. The summed E-state index contributed by atoms with van der Waals surface area (Å²) in [5.74, 6) is 0.573. The highest BCUT2D eigenvalue weighted by atomic mass is 127. The van der Waals surface area contributed by atoms with Gasteiger partial charge in [0.1, 0.15) is 6.54 Å². The SMILES string of the molecule is CCNC(=NCC(=O)NC(C)(C)C)NCCCOC.I. The molecule has 3 N–H and O–H groups in total. The molecule has 0 saturated carbocycles. The molecule has 0 aliphatic carbocycles. The Hall–Kier alpha value is -0.570. The number of nitrogens with one attached hydrogen (secondary N) is 3. The maximum absolute atomic E-state index is 11.6. The van der Waals surface area contributed by atoms with Gasteiger partial charge in [0.05, 0.1) is 0 Å². The van der Waals surface area contributed by atoms with Gasteiger partial charge in [-0.2, -0.15) is 0 Å². The molecular weight excluding hydrogens is 371 g/mol. The van der Waals surface area contributed by atoms with Crippen LogP contribution in [0.5, 0.6) is 0 Å². The molecule has 120 valence electrons. The van der Waals surface area contributed by atoms with Crippen molar-refractivity contribution in [3.63, 3.8) is 0 Å². The number of halogens is 1. The van der Waals surface area contributed by atoms with E-state index in [0.29, 0.717) is 12.6 Å². The molecule has 0 spiro atoms. The predicted octanol–water partition coefficient (Wildman–Crippen LogP) is 1.11. The monoisotopic (exact) mass is 400 g/mol. The number of ether oxygens (including phenoxy) is 1. The smallest absolute Gasteiger partial charge is 0.242 e. The van der Waals surface area contributed by atoms with Gasteiger partial charge in [-0.1, -0.05) is 0 Å². The summed E-state index contributed by atoms with van der Waals surface area (Å²) in [7, 11) is 1.68. The topological polar surface area (TPSA) is 74.8 Å². The zero-order chi connectivity index (χ0) is 14.7. The summed E-state index contributed by atoms with van der Waals surface area (Å²) in [4.78, 5) is 15.9. The number of carbonyl (C=O) groups excluding carboxylic acids is 1. The highest BCUT2D eigenvalue weighted by Gasteiger charge is 2.13. The first kappa shape index (κ1) is 21.7. The third kappa shape index (κ3) is 13.9. The molecule has 0 unspecified atom stereocenters. The van der Waals surface area contributed by atoms with Crippen LogP contribution in [-0.4, -0.2) is 50.8 Å². The summed E-state index contributed by atoms with van der Waals surface area (Å²) in [6, 6.07) is 0. The molecule has 0 aliphatic rings. The van der Waals surface area contributed by atoms with Crippen LogP contribution < -0.4 is 16.0 Å². The molecule has 0 saturated heterocycles. The highest BCUT2D eigenvalue weighted by molar-refractivity contribution is 14.0. The molecule has 0 aliphatic heterocycles. The summed E-state index contributed by atoms with van der Waals surface area (Å²) in [6.45, 7) is 10.2. The molecule has 0 aromatic rings. The van der Waals surface area contributed by atoms with Crippen LogP contribution in [0.4, 0.5) is 0 Å². The number of hydrogen-bond acceptors (Lipinski definition) is 3. The van der Waals surface area contributed by atoms with E-state index in [0.717, 1.165) is 19.5 Å². The van der Waals surface area contributed by atoms with Crippen molar-refractivity contribution >= 4 is 35.8 Å². The second-order valence-corrected chi connectivity index (χ2v) is 5.27. The number of hydrogen-bond donors (Lipinski definition) is 3. The van der Waals surface area contributed by atoms with Crippen LogP contribution in [0.15, 0.2) is 4.99 Å².